The van der Waals surface area contributed by atoms with Gasteiger partial charge >= 0.3 is 5.97 Å². The maximum absolute atomic E-state index is 11.9. The molecule has 0 amide bonds. The first-order valence-corrected chi connectivity index (χ1v) is 11.1. The van der Waals surface area contributed by atoms with Gasteiger partial charge in [-0.3, -0.25) is 4.79 Å². The fourth-order valence-electron chi connectivity index (χ4n) is 8.48. The lowest BCUT2D eigenvalue weighted by molar-refractivity contribution is -0.188. The van der Waals surface area contributed by atoms with Crippen molar-refractivity contribution in [1.29, 1.82) is 0 Å². The molecule has 0 radical (unpaired) electrons. The molecule has 2 heteroatoms. The van der Waals surface area contributed by atoms with E-state index in [-0.39, 0.29) is 17.0 Å². The fraction of sp³-hybridized carbons (Fsp3) is 0.957. The molecule has 2 nitrogen and oxygen atoms in total. The molecule has 4 aliphatic rings. The molecule has 0 bridgehead atoms. The van der Waals surface area contributed by atoms with Gasteiger partial charge in [0.25, 0.3) is 0 Å². The quantitative estimate of drug-likeness (QED) is 0.562. The number of carbonyl (C=O) groups is 1. The molecule has 7 atom stereocenters. The standard InChI is InChI=1S/C23H38O2/c1-5-23(25-16(2)24)15-12-20-18-10-9-17-8-6-7-13-21(17,3)19(18)11-14-22(20,23)4/h17-20H,5-15H2,1-4H3/t17?,18-,19+,20+,21+,22+,23-/m1/s1. The van der Waals surface area contributed by atoms with Crippen LogP contribution in [-0.4, -0.2) is 11.6 Å². The molecule has 0 saturated heterocycles. The Labute approximate surface area is 154 Å². The highest BCUT2D eigenvalue weighted by atomic mass is 16.6. The SMILES string of the molecule is CC[C@@]1(OC(C)=O)CC[C@H]2[C@@H]3CCC4CCCC[C@]4(C)[C@H]3CC[C@@]21C. The third-order valence-corrected chi connectivity index (χ3v) is 9.78. The van der Waals surface area contributed by atoms with Gasteiger partial charge in [-0.2, -0.15) is 0 Å². The Kier molecular flexibility index (Phi) is 4.28. The average Bonchev–Trinajstić information content (AvgIpc) is 2.87. The molecule has 4 rings (SSSR count). The Balaban J connectivity index is 1.64. The van der Waals surface area contributed by atoms with Gasteiger partial charge < -0.3 is 4.74 Å². The summed E-state index contributed by atoms with van der Waals surface area (Å²) in [7, 11) is 0. The van der Waals surface area contributed by atoms with E-state index in [0.29, 0.717) is 5.41 Å². The summed E-state index contributed by atoms with van der Waals surface area (Å²) in [5.74, 6) is 3.48. The zero-order valence-electron chi connectivity index (χ0n) is 16.9. The number of esters is 1. The molecule has 25 heavy (non-hydrogen) atoms. The van der Waals surface area contributed by atoms with Crippen molar-refractivity contribution < 1.29 is 9.53 Å². The van der Waals surface area contributed by atoms with Crippen LogP contribution >= 0.6 is 0 Å². The van der Waals surface area contributed by atoms with Gasteiger partial charge in [-0.05, 0) is 86.9 Å². The Bertz CT molecular complexity index is 542. The fourth-order valence-corrected chi connectivity index (χ4v) is 8.48. The summed E-state index contributed by atoms with van der Waals surface area (Å²) in [6.07, 6.45) is 14.7. The van der Waals surface area contributed by atoms with Crippen LogP contribution in [0.5, 0.6) is 0 Å². The minimum atomic E-state index is -0.196. The molecule has 0 aliphatic heterocycles. The predicted octanol–water partition coefficient (Wildman–Crippen LogP) is 6.13. The molecular weight excluding hydrogens is 308 g/mol. The van der Waals surface area contributed by atoms with Crippen molar-refractivity contribution in [2.24, 2.45) is 34.5 Å². The van der Waals surface area contributed by atoms with E-state index in [4.69, 9.17) is 4.74 Å². The van der Waals surface area contributed by atoms with E-state index in [9.17, 15) is 4.79 Å². The first kappa shape index (κ1) is 17.9. The molecular formula is C23H38O2. The molecule has 4 saturated carbocycles. The van der Waals surface area contributed by atoms with Gasteiger partial charge in [0.2, 0.25) is 0 Å². The number of hydrogen-bond donors (Lipinski definition) is 0. The number of ether oxygens (including phenoxy) is 1. The van der Waals surface area contributed by atoms with Crippen LogP contribution in [0.2, 0.25) is 0 Å². The summed E-state index contributed by atoms with van der Waals surface area (Å²) in [6, 6.07) is 0. The second-order valence-corrected chi connectivity index (χ2v) is 10.3. The Morgan fingerprint density at radius 3 is 2.44 bits per heavy atom. The zero-order valence-corrected chi connectivity index (χ0v) is 16.9. The van der Waals surface area contributed by atoms with Crippen molar-refractivity contribution in [3.05, 3.63) is 0 Å². The maximum Gasteiger partial charge on any atom is 0.303 e. The Hall–Kier alpha value is -0.530. The van der Waals surface area contributed by atoms with Gasteiger partial charge in [0.05, 0.1) is 0 Å². The van der Waals surface area contributed by atoms with Crippen molar-refractivity contribution in [2.75, 3.05) is 0 Å². The van der Waals surface area contributed by atoms with Crippen LogP contribution in [0.25, 0.3) is 0 Å². The second kappa shape index (κ2) is 5.99. The normalized spacial score (nSPS) is 52.0. The summed E-state index contributed by atoms with van der Waals surface area (Å²) in [6.45, 7) is 8.96. The Morgan fingerprint density at radius 1 is 0.960 bits per heavy atom. The highest BCUT2D eigenvalue weighted by Crippen LogP contribution is 2.69. The van der Waals surface area contributed by atoms with E-state index in [1.165, 1.54) is 57.8 Å². The van der Waals surface area contributed by atoms with Crippen LogP contribution < -0.4 is 0 Å². The highest BCUT2D eigenvalue weighted by molar-refractivity contribution is 5.66. The topological polar surface area (TPSA) is 26.3 Å². The van der Waals surface area contributed by atoms with Gasteiger partial charge in [-0.15, -0.1) is 0 Å². The predicted molar refractivity (Wildman–Crippen MR) is 101 cm³/mol. The average molecular weight is 347 g/mol. The molecule has 1 unspecified atom stereocenters. The zero-order chi connectivity index (χ0) is 17.9. The summed E-state index contributed by atoms with van der Waals surface area (Å²) in [5, 5.41) is 0. The van der Waals surface area contributed by atoms with Crippen molar-refractivity contribution in [3.8, 4) is 0 Å². The van der Waals surface area contributed by atoms with Gasteiger partial charge in [0.15, 0.2) is 0 Å². The third-order valence-electron chi connectivity index (χ3n) is 9.78. The largest absolute Gasteiger partial charge is 0.459 e. The van der Waals surface area contributed by atoms with E-state index in [0.717, 1.165) is 36.5 Å². The van der Waals surface area contributed by atoms with Gasteiger partial charge in [0.1, 0.15) is 5.60 Å². The van der Waals surface area contributed by atoms with Crippen LogP contribution in [0.15, 0.2) is 0 Å². The summed E-state index contributed by atoms with van der Waals surface area (Å²) >= 11 is 0. The maximum atomic E-state index is 11.9. The molecule has 142 valence electrons. The summed E-state index contributed by atoms with van der Waals surface area (Å²) < 4.78 is 6.09. The van der Waals surface area contributed by atoms with Gasteiger partial charge in [-0.1, -0.05) is 33.6 Å². The van der Waals surface area contributed by atoms with Crippen molar-refractivity contribution in [3.63, 3.8) is 0 Å². The number of carbonyl (C=O) groups excluding carboxylic acids is 1. The molecule has 0 aromatic carbocycles. The molecule has 0 aromatic rings. The van der Waals surface area contributed by atoms with Crippen molar-refractivity contribution in [1.82, 2.24) is 0 Å². The molecule has 0 aromatic heterocycles. The Morgan fingerprint density at radius 2 is 1.72 bits per heavy atom. The van der Waals surface area contributed by atoms with E-state index in [1.54, 1.807) is 6.92 Å². The lowest BCUT2D eigenvalue weighted by Crippen LogP contribution is -2.56. The minimum Gasteiger partial charge on any atom is -0.459 e. The monoisotopic (exact) mass is 346 g/mol. The van der Waals surface area contributed by atoms with E-state index < -0.39 is 0 Å². The molecule has 0 N–H and O–H groups in total. The smallest absolute Gasteiger partial charge is 0.303 e. The lowest BCUT2D eigenvalue weighted by Gasteiger charge is -2.61. The van der Waals surface area contributed by atoms with Crippen LogP contribution in [-0.2, 0) is 9.53 Å². The molecule has 0 heterocycles. The van der Waals surface area contributed by atoms with Gasteiger partial charge in [0, 0.05) is 12.3 Å². The molecule has 0 spiro atoms. The van der Waals surface area contributed by atoms with Crippen LogP contribution in [0.3, 0.4) is 0 Å². The van der Waals surface area contributed by atoms with Crippen molar-refractivity contribution in [2.45, 2.75) is 104 Å². The van der Waals surface area contributed by atoms with Crippen molar-refractivity contribution >= 4 is 5.97 Å². The molecule has 4 fully saturated rings. The number of fused-ring (bicyclic) bond motifs is 5. The van der Waals surface area contributed by atoms with E-state index in [2.05, 4.69) is 20.8 Å². The summed E-state index contributed by atoms with van der Waals surface area (Å²) in [5.41, 5.74) is 0.604. The minimum absolute atomic E-state index is 0.0752. The van der Waals surface area contributed by atoms with Crippen LogP contribution in [0.4, 0.5) is 0 Å². The number of rotatable bonds is 2. The summed E-state index contributed by atoms with van der Waals surface area (Å²) in [4.78, 5) is 11.9. The van der Waals surface area contributed by atoms with Crippen LogP contribution in [0.1, 0.15) is 98.3 Å². The lowest BCUT2D eigenvalue weighted by atomic mass is 9.44. The highest BCUT2D eigenvalue weighted by Gasteiger charge is 2.65. The van der Waals surface area contributed by atoms with Gasteiger partial charge in [-0.25, -0.2) is 0 Å². The van der Waals surface area contributed by atoms with Crippen LogP contribution in [0, 0.1) is 34.5 Å². The first-order valence-electron chi connectivity index (χ1n) is 11.1. The van der Waals surface area contributed by atoms with E-state index in [1.807, 2.05) is 0 Å². The first-order chi connectivity index (χ1) is 11.9. The van der Waals surface area contributed by atoms with E-state index >= 15 is 0 Å². The second-order valence-electron chi connectivity index (χ2n) is 10.3. The third kappa shape index (κ3) is 2.38. The molecule has 4 aliphatic carbocycles. The number of hydrogen-bond acceptors (Lipinski definition) is 2.